The number of rotatable bonds is 6. The van der Waals surface area contributed by atoms with Gasteiger partial charge in [0.2, 0.25) is 5.88 Å². The van der Waals surface area contributed by atoms with Gasteiger partial charge in [-0.05, 0) is 70.6 Å². The number of aromatic hydroxyl groups is 1. The molecule has 1 heterocycles. The SMILES string of the molecule is O=C(N/N=C\c1ccc(Oc2ccc([N+](=O)[O-])cn2)cc1)c1ccc(I)c(O)c1. The molecule has 0 fully saturated rings. The first-order chi connectivity index (χ1) is 13.9. The topological polar surface area (TPSA) is 127 Å². The Labute approximate surface area is 178 Å². The van der Waals surface area contributed by atoms with Gasteiger partial charge in [-0.1, -0.05) is 0 Å². The average molecular weight is 504 g/mol. The number of ether oxygens (including phenoxy) is 1. The lowest BCUT2D eigenvalue weighted by Crippen LogP contribution is -2.17. The lowest BCUT2D eigenvalue weighted by atomic mass is 10.2. The minimum Gasteiger partial charge on any atom is -0.507 e. The number of phenols is 1. The van der Waals surface area contributed by atoms with Crippen molar-refractivity contribution in [3.63, 3.8) is 0 Å². The van der Waals surface area contributed by atoms with Crippen LogP contribution < -0.4 is 10.2 Å². The monoisotopic (exact) mass is 504 g/mol. The summed E-state index contributed by atoms with van der Waals surface area (Å²) in [6.07, 6.45) is 2.57. The molecule has 0 radical (unpaired) electrons. The third kappa shape index (κ3) is 5.48. The van der Waals surface area contributed by atoms with E-state index in [1.807, 2.05) is 22.6 Å². The van der Waals surface area contributed by atoms with Gasteiger partial charge in [0.1, 0.15) is 17.7 Å². The lowest BCUT2D eigenvalue weighted by molar-refractivity contribution is -0.385. The molecule has 0 bridgehead atoms. The zero-order valence-electron chi connectivity index (χ0n) is 14.7. The highest BCUT2D eigenvalue weighted by molar-refractivity contribution is 14.1. The molecule has 1 amide bonds. The Bertz CT molecular complexity index is 1070. The van der Waals surface area contributed by atoms with Gasteiger partial charge in [0, 0.05) is 17.7 Å². The van der Waals surface area contributed by atoms with Crippen molar-refractivity contribution < 1.29 is 19.6 Å². The van der Waals surface area contributed by atoms with E-state index in [0.29, 0.717) is 20.4 Å². The van der Waals surface area contributed by atoms with Crippen molar-refractivity contribution in [1.82, 2.24) is 10.4 Å². The van der Waals surface area contributed by atoms with Gasteiger partial charge >= 0.3 is 0 Å². The second-order valence-electron chi connectivity index (χ2n) is 5.65. The van der Waals surface area contributed by atoms with E-state index in [1.54, 1.807) is 36.4 Å². The second kappa shape index (κ2) is 9.10. The van der Waals surface area contributed by atoms with Crippen molar-refractivity contribution in [2.24, 2.45) is 5.10 Å². The number of benzene rings is 2. The van der Waals surface area contributed by atoms with Gasteiger partial charge in [-0.3, -0.25) is 14.9 Å². The fourth-order valence-electron chi connectivity index (χ4n) is 2.17. The fourth-order valence-corrected chi connectivity index (χ4v) is 2.50. The largest absolute Gasteiger partial charge is 0.507 e. The average Bonchev–Trinajstić information content (AvgIpc) is 2.71. The minimum atomic E-state index is -0.537. The number of amides is 1. The van der Waals surface area contributed by atoms with E-state index in [4.69, 9.17) is 4.74 Å². The van der Waals surface area contributed by atoms with E-state index in [2.05, 4.69) is 15.5 Å². The number of nitrogens with zero attached hydrogens (tertiary/aromatic N) is 3. The van der Waals surface area contributed by atoms with Crippen molar-refractivity contribution in [3.05, 3.63) is 85.6 Å². The van der Waals surface area contributed by atoms with Crippen LogP contribution in [0.25, 0.3) is 0 Å². The Kier molecular flexibility index (Phi) is 6.34. The predicted octanol–water partition coefficient (Wildman–Crippen LogP) is 3.86. The number of carbonyl (C=O) groups is 1. The van der Waals surface area contributed by atoms with Gasteiger partial charge < -0.3 is 9.84 Å². The van der Waals surface area contributed by atoms with Crippen LogP contribution in [0.1, 0.15) is 15.9 Å². The number of aromatic nitrogens is 1. The molecule has 3 aromatic rings. The van der Waals surface area contributed by atoms with Crippen LogP contribution >= 0.6 is 22.6 Å². The van der Waals surface area contributed by atoms with E-state index >= 15 is 0 Å². The Hall–Kier alpha value is -3.54. The van der Waals surface area contributed by atoms with Crippen LogP contribution in [0.4, 0.5) is 5.69 Å². The maximum atomic E-state index is 12.0. The molecule has 0 saturated carbocycles. The van der Waals surface area contributed by atoms with Crippen LogP contribution in [0.5, 0.6) is 17.4 Å². The summed E-state index contributed by atoms with van der Waals surface area (Å²) in [5.41, 5.74) is 3.26. The molecule has 3 rings (SSSR count). The molecule has 0 aliphatic heterocycles. The molecule has 0 aliphatic carbocycles. The van der Waals surface area contributed by atoms with Crippen molar-refractivity contribution >= 4 is 40.4 Å². The number of nitrogens with one attached hydrogen (secondary N) is 1. The van der Waals surface area contributed by atoms with Crippen LogP contribution in [0.2, 0.25) is 0 Å². The fraction of sp³-hybridized carbons (Fsp3) is 0. The third-order valence-corrected chi connectivity index (χ3v) is 4.53. The molecule has 0 unspecified atom stereocenters. The van der Waals surface area contributed by atoms with E-state index in [-0.39, 0.29) is 17.3 Å². The summed E-state index contributed by atoms with van der Waals surface area (Å²) < 4.78 is 6.16. The highest BCUT2D eigenvalue weighted by Crippen LogP contribution is 2.22. The van der Waals surface area contributed by atoms with Gasteiger partial charge in [-0.25, -0.2) is 10.4 Å². The zero-order valence-corrected chi connectivity index (χ0v) is 16.8. The molecule has 2 aromatic carbocycles. The molecular formula is C19H13IN4O5. The first kappa shape index (κ1) is 20.2. The van der Waals surface area contributed by atoms with E-state index in [9.17, 15) is 20.0 Å². The number of hydrogen-bond donors (Lipinski definition) is 2. The summed E-state index contributed by atoms with van der Waals surface area (Å²) in [4.78, 5) is 26.0. The van der Waals surface area contributed by atoms with Gasteiger partial charge in [-0.15, -0.1) is 0 Å². The van der Waals surface area contributed by atoms with E-state index in [1.165, 1.54) is 24.4 Å². The molecule has 9 nitrogen and oxygen atoms in total. The first-order valence-corrected chi connectivity index (χ1v) is 9.20. The molecule has 0 aliphatic rings. The standard InChI is InChI=1S/C19H13IN4O5/c20-16-7-3-13(9-17(16)25)19(26)23-22-10-12-1-5-15(6-2-12)29-18-8-4-14(11-21-18)24(27)28/h1-11,25H,(H,23,26)/b22-10-. The Morgan fingerprint density at radius 3 is 2.59 bits per heavy atom. The smallest absolute Gasteiger partial charge is 0.287 e. The first-order valence-electron chi connectivity index (χ1n) is 8.12. The predicted molar refractivity (Wildman–Crippen MR) is 113 cm³/mol. The number of nitro groups is 1. The second-order valence-corrected chi connectivity index (χ2v) is 6.81. The summed E-state index contributed by atoms with van der Waals surface area (Å²) in [7, 11) is 0. The summed E-state index contributed by atoms with van der Waals surface area (Å²) in [5.74, 6) is 0.296. The van der Waals surface area contributed by atoms with Crippen LogP contribution in [-0.2, 0) is 0 Å². The van der Waals surface area contributed by atoms with Crippen LogP contribution in [0, 0.1) is 13.7 Å². The summed E-state index contributed by atoms with van der Waals surface area (Å²) >= 11 is 1.96. The quantitative estimate of drug-likeness (QED) is 0.227. The van der Waals surface area contributed by atoms with Gasteiger partial charge in [-0.2, -0.15) is 5.10 Å². The van der Waals surface area contributed by atoms with Crippen molar-refractivity contribution in [2.45, 2.75) is 0 Å². The van der Waals surface area contributed by atoms with Crippen LogP contribution in [0.15, 0.2) is 65.9 Å². The zero-order chi connectivity index (χ0) is 20.8. The molecule has 2 N–H and O–H groups in total. The third-order valence-electron chi connectivity index (χ3n) is 3.62. The maximum absolute atomic E-state index is 12.0. The number of carbonyl (C=O) groups excluding carboxylic acids is 1. The maximum Gasteiger partial charge on any atom is 0.287 e. The Balaban J connectivity index is 1.57. The summed E-state index contributed by atoms with van der Waals surface area (Å²) in [6.45, 7) is 0. The van der Waals surface area contributed by atoms with E-state index < -0.39 is 10.8 Å². The number of halogens is 1. The van der Waals surface area contributed by atoms with Gasteiger partial charge in [0.25, 0.3) is 11.6 Å². The van der Waals surface area contributed by atoms with E-state index in [0.717, 1.165) is 6.20 Å². The van der Waals surface area contributed by atoms with Crippen molar-refractivity contribution in [1.29, 1.82) is 0 Å². The van der Waals surface area contributed by atoms with Crippen LogP contribution in [-0.4, -0.2) is 27.1 Å². The summed E-state index contributed by atoms with van der Waals surface area (Å²) in [5, 5.41) is 24.2. The molecule has 10 heteroatoms. The normalized spacial score (nSPS) is 10.7. The number of pyridine rings is 1. The molecular weight excluding hydrogens is 491 g/mol. The Morgan fingerprint density at radius 1 is 1.21 bits per heavy atom. The van der Waals surface area contributed by atoms with Gasteiger partial charge in [0.15, 0.2) is 0 Å². The number of hydrogen-bond acceptors (Lipinski definition) is 7. The molecule has 0 atom stereocenters. The highest BCUT2D eigenvalue weighted by atomic mass is 127. The molecule has 1 aromatic heterocycles. The molecule has 29 heavy (non-hydrogen) atoms. The molecule has 0 saturated heterocycles. The summed E-state index contributed by atoms with van der Waals surface area (Å²) in [6, 6.07) is 14.1. The molecule has 0 spiro atoms. The highest BCUT2D eigenvalue weighted by Gasteiger charge is 2.08. The molecule has 146 valence electrons. The minimum absolute atomic E-state index is 0.0281. The number of phenolic OH excluding ortho intramolecular Hbond substituents is 1. The van der Waals surface area contributed by atoms with Crippen LogP contribution in [0.3, 0.4) is 0 Å². The van der Waals surface area contributed by atoms with Crippen molar-refractivity contribution in [2.75, 3.05) is 0 Å². The lowest BCUT2D eigenvalue weighted by Gasteiger charge is -2.04. The van der Waals surface area contributed by atoms with Gasteiger partial charge in [0.05, 0.1) is 14.7 Å². The van der Waals surface area contributed by atoms with Crippen molar-refractivity contribution in [3.8, 4) is 17.4 Å². The Morgan fingerprint density at radius 2 is 1.97 bits per heavy atom. The number of hydrazone groups is 1.